The third-order valence-electron chi connectivity index (χ3n) is 4.45. The zero-order chi connectivity index (χ0) is 20.5. The van der Waals surface area contributed by atoms with Gasteiger partial charge < -0.3 is 10.4 Å². The number of halogens is 4. The Morgan fingerprint density at radius 3 is 2.34 bits per heavy atom. The van der Waals surface area contributed by atoms with E-state index in [4.69, 9.17) is 46.4 Å². The third-order valence-corrected chi connectivity index (χ3v) is 5.51. The largest absolute Gasteiger partial charge is 0.505 e. The monoisotopic (exact) mass is 463 g/mol. The van der Waals surface area contributed by atoms with Crippen LogP contribution in [0.2, 0.25) is 20.1 Å². The van der Waals surface area contributed by atoms with Crippen molar-refractivity contribution >= 4 is 63.1 Å². The van der Waals surface area contributed by atoms with Crippen LogP contribution in [0.1, 0.15) is 17.2 Å². The van der Waals surface area contributed by atoms with E-state index in [1.54, 1.807) is 30.5 Å². The molecule has 0 saturated carbocycles. The minimum Gasteiger partial charge on any atom is -0.505 e. The number of phenolic OH excluding ortho intramolecular Hbond substituents is 1. The molecular formula is C21H13Cl4N3O. The maximum absolute atomic E-state index is 11.0. The number of pyridine rings is 2. The van der Waals surface area contributed by atoms with Crippen LogP contribution in [0, 0.1) is 0 Å². The molecule has 146 valence electrons. The average molecular weight is 465 g/mol. The zero-order valence-electron chi connectivity index (χ0n) is 14.7. The van der Waals surface area contributed by atoms with Crippen LogP contribution in [0.4, 0.5) is 5.82 Å². The van der Waals surface area contributed by atoms with Crippen LogP contribution in [-0.2, 0) is 0 Å². The summed E-state index contributed by atoms with van der Waals surface area (Å²) >= 11 is 24.8. The zero-order valence-corrected chi connectivity index (χ0v) is 17.7. The molecule has 0 aliphatic heterocycles. The summed E-state index contributed by atoms with van der Waals surface area (Å²) in [5, 5.41) is 16.7. The highest BCUT2D eigenvalue weighted by molar-refractivity contribution is 6.36. The lowest BCUT2D eigenvalue weighted by molar-refractivity contribution is 0.471. The maximum Gasteiger partial charge on any atom is 0.147 e. The Balaban J connectivity index is 1.89. The van der Waals surface area contributed by atoms with Gasteiger partial charge in [0.05, 0.1) is 16.1 Å². The van der Waals surface area contributed by atoms with E-state index in [0.717, 1.165) is 5.39 Å². The van der Waals surface area contributed by atoms with E-state index < -0.39 is 6.04 Å². The molecule has 1 unspecified atom stereocenters. The molecule has 0 amide bonds. The highest BCUT2D eigenvalue weighted by atomic mass is 35.5. The molecule has 0 saturated heterocycles. The number of nitrogens with one attached hydrogen (secondary N) is 1. The summed E-state index contributed by atoms with van der Waals surface area (Å²) in [4.78, 5) is 8.57. The molecule has 29 heavy (non-hydrogen) atoms. The molecule has 0 bridgehead atoms. The highest BCUT2D eigenvalue weighted by Crippen LogP contribution is 2.40. The molecule has 2 N–H and O–H groups in total. The van der Waals surface area contributed by atoms with Crippen molar-refractivity contribution in [3.05, 3.63) is 92.1 Å². The fourth-order valence-corrected chi connectivity index (χ4v) is 4.05. The van der Waals surface area contributed by atoms with E-state index in [9.17, 15) is 5.11 Å². The lowest BCUT2D eigenvalue weighted by Crippen LogP contribution is -2.14. The molecule has 4 aromatic rings. The van der Waals surface area contributed by atoms with Crippen LogP contribution in [-0.4, -0.2) is 15.1 Å². The minimum absolute atomic E-state index is 0.0386. The molecule has 2 heterocycles. The van der Waals surface area contributed by atoms with Crippen molar-refractivity contribution in [3.63, 3.8) is 0 Å². The molecule has 1 atom stereocenters. The number of phenols is 1. The number of hydrogen-bond donors (Lipinski definition) is 2. The maximum atomic E-state index is 11.0. The molecule has 0 radical (unpaired) electrons. The molecule has 4 nitrogen and oxygen atoms in total. The van der Waals surface area contributed by atoms with Gasteiger partial charge in [0.25, 0.3) is 0 Å². The first-order valence-electron chi connectivity index (χ1n) is 8.53. The van der Waals surface area contributed by atoms with Crippen LogP contribution in [0.25, 0.3) is 10.9 Å². The Morgan fingerprint density at radius 2 is 1.59 bits per heavy atom. The van der Waals surface area contributed by atoms with Gasteiger partial charge in [-0.15, -0.1) is 0 Å². The third kappa shape index (κ3) is 4.07. The Bertz CT molecular complexity index is 1220. The molecule has 0 fully saturated rings. The van der Waals surface area contributed by atoms with Gasteiger partial charge in [-0.25, -0.2) is 4.98 Å². The second kappa shape index (κ2) is 8.25. The van der Waals surface area contributed by atoms with Crippen molar-refractivity contribution in [1.29, 1.82) is 0 Å². The summed E-state index contributed by atoms with van der Waals surface area (Å²) in [7, 11) is 0. The van der Waals surface area contributed by atoms with E-state index in [2.05, 4.69) is 15.3 Å². The number of nitrogens with zero attached hydrogens (tertiary/aromatic N) is 2. The van der Waals surface area contributed by atoms with Gasteiger partial charge in [-0.05, 0) is 29.8 Å². The number of anilines is 1. The quantitative estimate of drug-likeness (QED) is 0.336. The molecule has 0 aliphatic rings. The van der Waals surface area contributed by atoms with Crippen LogP contribution < -0.4 is 5.32 Å². The second-order valence-corrected chi connectivity index (χ2v) is 7.99. The summed E-state index contributed by atoms with van der Waals surface area (Å²) in [6, 6.07) is 13.5. The molecule has 4 rings (SSSR count). The average Bonchev–Trinajstić information content (AvgIpc) is 2.69. The van der Waals surface area contributed by atoms with Crippen molar-refractivity contribution < 1.29 is 5.11 Å². The summed E-state index contributed by atoms with van der Waals surface area (Å²) in [5.74, 6) is 0.435. The van der Waals surface area contributed by atoms with Gasteiger partial charge in [0, 0.05) is 33.4 Å². The van der Waals surface area contributed by atoms with Crippen molar-refractivity contribution in [2.24, 2.45) is 0 Å². The van der Waals surface area contributed by atoms with Crippen molar-refractivity contribution in [2.45, 2.75) is 6.04 Å². The fraction of sp³-hybridized carbons (Fsp3) is 0.0476. The normalized spacial score (nSPS) is 12.1. The number of fused-ring (bicyclic) bond motifs is 1. The topological polar surface area (TPSA) is 58.0 Å². The number of hydrogen-bond acceptors (Lipinski definition) is 4. The van der Waals surface area contributed by atoms with Crippen molar-refractivity contribution in [2.75, 3.05) is 5.32 Å². The Hall–Kier alpha value is -2.24. The van der Waals surface area contributed by atoms with Gasteiger partial charge in [0.2, 0.25) is 0 Å². The van der Waals surface area contributed by atoms with Gasteiger partial charge in [-0.1, -0.05) is 70.7 Å². The Labute approximate surface area is 187 Å². The molecule has 0 spiro atoms. The number of aromatic hydroxyl groups is 1. The molecule has 8 heteroatoms. The predicted octanol–water partition coefficient (Wildman–Crippen LogP) is 7.15. The van der Waals surface area contributed by atoms with Crippen molar-refractivity contribution in [3.8, 4) is 5.75 Å². The van der Waals surface area contributed by atoms with Crippen LogP contribution in [0.5, 0.6) is 5.75 Å². The van der Waals surface area contributed by atoms with Gasteiger partial charge in [0.15, 0.2) is 0 Å². The second-order valence-electron chi connectivity index (χ2n) is 6.31. The van der Waals surface area contributed by atoms with Crippen LogP contribution in [0.15, 0.2) is 60.9 Å². The van der Waals surface area contributed by atoms with Crippen LogP contribution in [0.3, 0.4) is 0 Å². The van der Waals surface area contributed by atoms with E-state index in [0.29, 0.717) is 42.6 Å². The van der Waals surface area contributed by atoms with E-state index in [-0.39, 0.29) is 5.75 Å². The summed E-state index contributed by atoms with van der Waals surface area (Å²) in [6.07, 6.45) is 3.11. The summed E-state index contributed by atoms with van der Waals surface area (Å²) in [5.41, 5.74) is 1.74. The predicted molar refractivity (Wildman–Crippen MR) is 120 cm³/mol. The number of rotatable bonds is 4. The molecule has 2 aromatic carbocycles. The van der Waals surface area contributed by atoms with Gasteiger partial charge in [-0.3, -0.25) is 4.98 Å². The smallest absolute Gasteiger partial charge is 0.147 e. The SMILES string of the molecule is Oc1c(C(Nc2ncc(Cl)cc2Cl)c2ccc(Cl)cc2Cl)ccc2cccnc12. The minimum atomic E-state index is -0.572. The van der Waals surface area contributed by atoms with Gasteiger partial charge in [0.1, 0.15) is 17.1 Å². The lowest BCUT2D eigenvalue weighted by atomic mass is 9.96. The standard InChI is InChI=1S/C21H13Cl4N3O/c22-12-4-6-14(16(24)8-12)19(28-21-17(25)9-13(23)10-27-21)15-5-3-11-2-1-7-26-18(11)20(15)29/h1-10,19,29H,(H,27,28). The first-order chi connectivity index (χ1) is 13.9. The number of aromatic nitrogens is 2. The Morgan fingerprint density at radius 1 is 0.828 bits per heavy atom. The lowest BCUT2D eigenvalue weighted by Gasteiger charge is -2.23. The summed E-state index contributed by atoms with van der Waals surface area (Å²) < 4.78 is 0. The first-order valence-corrected chi connectivity index (χ1v) is 10.0. The molecule has 0 aliphatic carbocycles. The highest BCUT2D eigenvalue weighted by Gasteiger charge is 2.23. The summed E-state index contributed by atoms with van der Waals surface area (Å²) in [6.45, 7) is 0. The first kappa shape index (κ1) is 20.0. The van der Waals surface area contributed by atoms with E-state index in [1.165, 1.54) is 6.20 Å². The van der Waals surface area contributed by atoms with E-state index in [1.807, 2.05) is 24.3 Å². The fourth-order valence-electron chi connectivity index (χ4n) is 3.09. The molecular weight excluding hydrogens is 452 g/mol. The van der Waals surface area contributed by atoms with Gasteiger partial charge in [-0.2, -0.15) is 0 Å². The van der Waals surface area contributed by atoms with Crippen molar-refractivity contribution in [1.82, 2.24) is 9.97 Å². The van der Waals surface area contributed by atoms with Gasteiger partial charge >= 0.3 is 0 Å². The molecule has 2 aromatic heterocycles. The van der Waals surface area contributed by atoms with Crippen LogP contribution >= 0.6 is 46.4 Å². The Kier molecular flexibility index (Phi) is 5.70. The van der Waals surface area contributed by atoms with E-state index >= 15 is 0 Å². The number of benzene rings is 2.